The molecule has 0 spiro atoms. The van der Waals surface area contributed by atoms with Crippen LogP contribution in [0.2, 0.25) is 0 Å². The molecule has 1 amide bonds. The van der Waals surface area contributed by atoms with Crippen molar-refractivity contribution in [1.82, 2.24) is 0 Å². The second kappa shape index (κ2) is 8.53. The van der Waals surface area contributed by atoms with Gasteiger partial charge in [-0.1, -0.05) is 12.1 Å². The smallest absolute Gasteiger partial charge is 0.228 e. The lowest BCUT2D eigenvalue weighted by Gasteiger charge is -2.12. The molecule has 0 aromatic heterocycles. The third kappa shape index (κ3) is 5.22. The summed E-state index contributed by atoms with van der Waals surface area (Å²) in [6.45, 7) is 1.40. The van der Waals surface area contributed by atoms with E-state index in [2.05, 4.69) is 5.32 Å². The van der Waals surface area contributed by atoms with Crippen LogP contribution in [-0.2, 0) is 16.0 Å². The minimum absolute atomic E-state index is 0.0572. The summed E-state index contributed by atoms with van der Waals surface area (Å²) in [5.74, 6) is 1.50. The highest BCUT2D eigenvalue weighted by molar-refractivity contribution is 5.92. The second-order valence-corrected chi connectivity index (χ2v) is 6.04. The van der Waals surface area contributed by atoms with Gasteiger partial charge in [-0.2, -0.15) is 0 Å². The fourth-order valence-electron chi connectivity index (χ4n) is 2.73. The number of benzene rings is 2. The van der Waals surface area contributed by atoms with Crippen molar-refractivity contribution in [3.63, 3.8) is 0 Å². The first-order valence-electron chi connectivity index (χ1n) is 8.50. The predicted octanol–water partition coefficient (Wildman–Crippen LogP) is 3.43. The number of anilines is 1. The Kier molecular flexibility index (Phi) is 5.90. The lowest BCUT2D eigenvalue weighted by atomic mass is 10.1. The molecular weight excluding hydrogens is 318 g/mol. The van der Waals surface area contributed by atoms with Crippen LogP contribution in [0, 0.1) is 0 Å². The summed E-state index contributed by atoms with van der Waals surface area (Å²) in [4.78, 5) is 12.1. The normalized spacial score (nSPS) is 16.4. The van der Waals surface area contributed by atoms with Crippen molar-refractivity contribution in [1.29, 1.82) is 0 Å². The number of methoxy groups -OCH3 is 1. The summed E-state index contributed by atoms with van der Waals surface area (Å²) in [6.07, 6.45) is 2.68. The number of amides is 1. The predicted molar refractivity (Wildman–Crippen MR) is 96.2 cm³/mol. The van der Waals surface area contributed by atoms with E-state index in [9.17, 15) is 4.79 Å². The molecule has 0 aliphatic carbocycles. The fraction of sp³-hybridized carbons (Fsp3) is 0.350. The Labute approximate surface area is 147 Å². The Bertz CT molecular complexity index is 676. The van der Waals surface area contributed by atoms with Gasteiger partial charge in [0.2, 0.25) is 5.91 Å². The Morgan fingerprint density at radius 3 is 2.48 bits per heavy atom. The first-order valence-corrected chi connectivity index (χ1v) is 8.50. The molecule has 1 unspecified atom stereocenters. The maximum atomic E-state index is 12.1. The van der Waals surface area contributed by atoms with Crippen LogP contribution in [-0.4, -0.2) is 32.3 Å². The molecule has 5 heteroatoms. The zero-order chi connectivity index (χ0) is 17.5. The number of carbonyl (C=O) groups is 1. The van der Waals surface area contributed by atoms with Crippen LogP contribution in [0.1, 0.15) is 18.4 Å². The van der Waals surface area contributed by atoms with Gasteiger partial charge in [0.05, 0.1) is 19.6 Å². The van der Waals surface area contributed by atoms with E-state index >= 15 is 0 Å². The maximum absolute atomic E-state index is 12.1. The molecule has 5 nitrogen and oxygen atoms in total. The van der Waals surface area contributed by atoms with E-state index in [1.165, 1.54) is 0 Å². The minimum Gasteiger partial charge on any atom is -0.497 e. The molecular formula is C20H23NO4. The maximum Gasteiger partial charge on any atom is 0.228 e. The first-order chi connectivity index (χ1) is 12.2. The van der Waals surface area contributed by atoms with Crippen LogP contribution in [0.25, 0.3) is 0 Å². The van der Waals surface area contributed by atoms with Crippen molar-refractivity contribution < 1.29 is 19.0 Å². The van der Waals surface area contributed by atoms with Gasteiger partial charge in [-0.15, -0.1) is 0 Å². The SMILES string of the molecule is COc1ccc(CC(=O)Nc2ccc(OCC3CCCO3)cc2)cc1. The highest BCUT2D eigenvalue weighted by Gasteiger charge is 2.15. The van der Waals surface area contributed by atoms with Gasteiger partial charge in [0, 0.05) is 12.3 Å². The van der Waals surface area contributed by atoms with E-state index in [1.54, 1.807) is 7.11 Å². The summed E-state index contributed by atoms with van der Waals surface area (Å²) >= 11 is 0. The van der Waals surface area contributed by atoms with Gasteiger partial charge in [-0.05, 0) is 54.8 Å². The molecule has 3 rings (SSSR count). The molecule has 1 fully saturated rings. The second-order valence-electron chi connectivity index (χ2n) is 6.04. The number of hydrogen-bond acceptors (Lipinski definition) is 4. The Morgan fingerprint density at radius 2 is 1.84 bits per heavy atom. The molecule has 1 atom stereocenters. The average molecular weight is 341 g/mol. The van der Waals surface area contributed by atoms with Crippen molar-refractivity contribution in [2.45, 2.75) is 25.4 Å². The van der Waals surface area contributed by atoms with Crippen molar-refractivity contribution >= 4 is 11.6 Å². The van der Waals surface area contributed by atoms with Crippen LogP contribution in [0.5, 0.6) is 11.5 Å². The van der Waals surface area contributed by atoms with E-state index in [1.807, 2.05) is 48.5 Å². The van der Waals surface area contributed by atoms with Crippen molar-refractivity contribution in [2.75, 3.05) is 25.6 Å². The highest BCUT2D eigenvalue weighted by Crippen LogP contribution is 2.19. The van der Waals surface area contributed by atoms with Crippen molar-refractivity contribution in [3.05, 3.63) is 54.1 Å². The van der Waals surface area contributed by atoms with Gasteiger partial charge < -0.3 is 19.5 Å². The van der Waals surface area contributed by atoms with Crippen LogP contribution in [0.4, 0.5) is 5.69 Å². The van der Waals surface area contributed by atoms with Crippen LogP contribution in [0.3, 0.4) is 0 Å². The van der Waals surface area contributed by atoms with Gasteiger partial charge >= 0.3 is 0 Å². The first kappa shape index (κ1) is 17.3. The van der Waals surface area contributed by atoms with Gasteiger partial charge in [-0.25, -0.2) is 0 Å². The number of nitrogens with one attached hydrogen (secondary N) is 1. The van der Waals surface area contributed by atoms with Crippen LogP contribution in [0.15, 0.2) is 48.5 Å². The number of rotatable bonds is 7. The molecule has 0 bridgehead atoms. The summed E-state index contributed by atoms with van der Waals surface area (Å²) in [5.41, 5.74) is 1.69. The van der Waals surface area contributed by atoms with Gasteiger partial charge in [0.1, 0.15) is 18.1 Å². The molecule has 25 heavy (non-hydrogen) atoms. The van der Waals surface area contributed by atoms with Gasteiger partial charge in [-0.3, -0.25) is 4.79 Å². The highest BCUT2D eigenvalue weighted by atomic mass is 16.5. The summed E-state index contributed by atoms with van der Waals surface area (Å²) in [5, 5.41) is 2.89. The molecule has 132 valence electrons. The molecule has 0 radical (unpaired) electrons. The molecule has 2 aromatic carbocycles. The molecule has 1 saturated heterocycles. The fourth-order valence-corrected chi connectivity index (χ4v) is 2.73. The van der Waals surface area contributed by atoms with Gasteiger partial charge in [0.15, 0.2) is 0 Å². The number of carbonyl (C=O) groups excluding carboxylic acids is 1. The molecule has 0 saturated carbocycles. The number of ether oxygens (including phenoxy) is 3. The summed E-state index contributed by atoms with van der Waals surface area (Å²) in [6, 6.07) is 14.9. The Hall–Kier alpha value is -2.53. The van der Waals surface area contributed by atoms with Crippen LogP contribution >= 0.6 is 0 Å². The molecule has 1 aliphatic rings. The van der Waals surface area contributed by atoms with Crippen molar-refractivity contribution in [3.8, 4) is 11.5 Å². The van der Waals surface area contributed by atoms with Gasteiger partial charge in [0.25, 0.3) is 0 Å². The third-order valence-electron chi connectivity index (χ3n) is 4.12. The standard InChI is InChI=1S/C20H23NO4/c1-23-17-8-4-15(5-9-17)13-20(22)21-16-6-10-18(11-7-16)25-14-19-3-2-12-24-19/h4-11,19H,2-3,12-14H2,1H3,(H,21,22). The Balaban J connectivity index is 1.47. The van der Waals surface area contributed by atoms with E-state index in [0.717, 1.165) is 42.2 Å². The zero-order valence-electron chi connectivity index (χ0n) is 14.4. The van der Waals surface area contributed by atoms with E-state index in [0.29, 0.717) is 13.0 Å². The van der Waals surface area contributed by atoms with Crippen LogP contribution < -0.4 is 14.8 Å². The lowest BCUT2D eigenvalue weighted by molar-refractivity contribution is -0.115. The quantitative estimate of drug-likeness (QED) is 0.838. The van der Waals surface area contributed by atoms with E-state index in [-0.39, 0.29) is 12.0 Å². The zero-order valence-corrected chi connectivity index (χ0v) is 14.4. The van der Waals surface area contributed by atoms with E-state index in [4.69, 9.17) is 14.2 Å². The largest absolute Gasteiger partial charge is 0.497 e. The summed E-state index contributed by atoms with van der Waals surface area (Å²) < 4.78 is 16.4. The minimum atomic E-state index is -0.0572. The number of hydrogen-bond donors (Lipinski definition) is 1. The Morgan fingerprint density at radius 1 is 1.12 bits per heavy atom. The summed E-state index contributed by atoms with van der Waals surface area (Å²) in [7, 11) is 1.62. The average Bonchev–Trinajstić information content (AvgIpc) is 3.15. The third-order valence-corrected chi connectivity index (χ3v) is 4.12. The molecule has 1 heterocycles. The molecule has 1 N–H and O–H groups in total. The lowest BCUT2D eigenvalue weighted by Crippen LogP contribution is -2.16. The molecule has 1 aliphatic heterocycles. The molecule has 2 aromatic rings. The van der Waals surface area contributed by atoms with E-state index < -0.39 is 0 Å². The topological polar surface area (TPSA) is 56.8 Å². The van der Waals surface area contributed by atoms with Crippen molar-refractivity contribution in [2.24, 2.45) is 0 Å². The monoisotopic (exact) mass is 341 g/mol.